The van der Waals surface area contributed by atoms with E-state index in [-0.39, 0.29) is 24.1 Å². The Balaban J connectivity index is 0.00000225. The SMILES string of the molecule is CC(C)(C)OC(=O)N1CC(CCCN)C1.Cl. The smallest absolute Gasteiger partial charge is 0.410 e. The zero-order valence-electron chi connectivity index (χ0n) is 10.4. The van der Waals surface area contributed by atoms with Crippen molar-refractivity contribution < 1.29 is 9.53 Å². The second-order valence-electron chi connectivity index (χ2n) is 5.18. The molecule has 0 aliphatic carbocycles. The lowest BCUT2D eigenvalue weighted by molar-refractivity contribution is -0.00224. The molecule has 0 aromatic rings. The molecule has 0 unspecified atom stereocenters. The van der Waals surface area contributed by atoms with Gasteiger partial charge in [-0.15, -0.1) is 12.4 Å². The van der Waals surface area contributed by atoms with Gasteiger partial charge >= 0.3 is 6.09 Å². The Bertz CT molecular complexity index is 223. The zero-order chi connectivity index (χ0) is 11.5. The number of hydrogen-bond acceptors (Lipinski definition) is 3. The third-order valence-electron chi connectivity index (χ3n) is 2.43. The Morgan fingerprint density at radius 3 is 2.44 bits per heavy atom. The van der Waals surface area contributed by atoms with Gasteiger partial charge in [-0.1, -0.05) is 0 Å². The first kappa shape index (κ1) is 15.5. The summed E-state index contributed by atoms with van der Waals surface area (Å²) in [6.07, 6.45) is 1.98. The molecule has 1 aliphatic heterocycles. The van der Waals surface area contributed by atoms with Crippen molar-refractivity contribution >= 4 is 18.5 Å². The number of carbonyl (C=O) groups is 1. The van der Waals surface area contributed by atoms with Gasteiger partial charge in [-0.25, -0.2) is 4.79 Å². The highest BCUT2D eigenvalue weighted by Gasteiger charge is 2.32. The van der Waals surface area contributed by atoms with E-state index in [0.717, 1.165) is 32.5 Å². The lowest BCUT2D eigenvalue weighted by Crippen LogP contribution is -2.51. The number of amides is 1. The first-order valence-electron chi connectivity index (χ1n) is 5.60. The number of halogens is 1. The van der Waals surface area contributed by atoms with Crippen LogP contribution in [0.3, 0.4) is 0 Å². The van der Waals surface area contributed by atoms with E-state index in [1.807, 2.05) is 20.8 Å². The van der Waals surface area contributed by atoms with E-state index in [0.29, 0.717) is 5.92 Å². The maximum absolute atomic E-state index is 11.5. The molecular formula is C11H23ClN2O2. The quantitative estimate of drug-likeness (QED) is 0.834. The van der Waals surface area contributed by atoms with E-state index in [9.17, 15) is 4.79 Å². The average molecular weight is 251 g/mol. The minimum absolute atomic E-state index is 0. The Morgan fingerprint density at radius 2 is 2.00 bits per heavy atom. The molecule has 1 fully saturated rings. The van der Waals surface area contributed by atoms with E-state index >= 15 is 0 Å². The predicted octanol–water partition coefficient (Wildman–Crippen LogP) is 2.01. The summed E-state index contributed by atoms with van der Waals surface area (Å²) < 4.78 is 5.26. The largest absolute Gasteiger partial charge is 0.444 e. The highest BCUT2D eigenvalue weighted by Crippen LogP contribution is 2.22. The average Bonchev–Trinajstić information content (AvgIpc) is 1.98. The first-order chi connectivity index (χ1) is 6.92. The molecule has 1 saturated heterocycles. The van der Waals surface area contributed by atoms with Crippen LogP contribution in [0.1, 0.15) is 33.6 Å². The number of nitrogens with two attached hydrogens (primary N) is 1. The van der Waals surface area contributed by atoms with Gasteiger partial charge in [0.2, 0.25) is 0 Å². The van der Waals surface area contributed by atoms with Crippen LogP contribution in [0.2, 0.25) is 0 Å². The van der Waals surface area contributed by atoms with Crippen molar-refractivity contribution in [3.63, 3.8) is 0 Å². The number of carbonyl (C=O) groups excluding carboxylic acids is 1. The Hall–Kier alpha value is -0.480. The van der Waals surface area contributed by atoms with Crippen molar-refractivity contribution in [1.29, 1.82) is 0 Å². The van der Waals surface area contributed by atoms with E-state index in [2.05, 4.69) is 0 Å². The molecule has 0 aromatic carbocycles. The van der Waals surface area contributed by atoms with Crippen LogP contribution in [0.4, 0.5) is 4.79 Å². The Kier molecular flexibility index (Phi) is 6.11. The number of hydrogen-bond donors (Lipinski definition) is 1. The molecule has 0 atom stereocenters. The molecule has 2 N–H and O–H groups in total. The number of ether oxygens (including phenoxy) is 1. The predicted molar refractivity (Wildman–Crippen MR) is 66.8 cm³/mol. The Labute approximate surface area is 104 Å². The molecule has 0 saturated carbocycles. The topological polar surface area (TPSA) is 55.6 Å². The van der Waals surface area contributed by atoms with Crippen LogP contribution >= 0.6 is 12.4 Å². The number of nitrogens with zero attached hydrogens (tertiary/aromatic N) is 1. The molecular weight excluding hydrogens is 228 g/mol. The van der Waals surface area contributed by atoms with Crippen molar-refractivity contribution in [2.45, 2.75) is 39.2 Å². The van der Waals surface area contributed by atoms with Gasteiger partial charge in [-0.2, -0.15) is 0 Å². The maximum Gasteiger partial charge on any atom is 0.410 e. The summed E-state index contributed by atoms with van der Waals surface area (Å²) in [6.45, 7) is 8.05. The molecule has 1 amide bonds. The third-order valence-corrected chi connectivity index (χ3v) is 2.43. The fourth-order valence-corrected chi connectivity index (χ4v) is 1.63. The molecule has 16 heavy (non-hydrogen) atoms. The fourth-order valence-electron chi connectivity index (χ4n) is 1.63. The summed E-state index contributed by atoms with van der Waals surface area (Å²) in [6, 6.07) is 0. The lowest BCUT2D eigenvalue weighted by atomic mass is 9.95. The summed E-state index contributed by atoms with van der Waals surface area (Å²) in [5, 5.41) is 0. The van der Waals surface area contributed by atoms with Gasteiger partial charge in [0.1, 0.15) is 5.60 Å². The van der Waals surface area contributed by atoms with Crippen molar-refractivity contribution in [3.05, 3.63) is 0 Å². The molecule has 0 aromatic heterocycles. The van der Waals surface area contributed by atoms with Gasteiger partial charge in [0.25, 0.3) is 0 Å². The molecule has 4 nitrogen and oxygen atoms in total. The van der Waals surface area contributed by atoms with Crippen LogP contribution < -0.4 is 5.73 Å². The second kappa shape index (κ2) is 6.30. The number of rotatable bonds is 3. The highest BCUT2D eigenvalue weighted by molar-refractivity contribution is 5.85. The van der Waals surface area contributed by atoms with E-state index in [4.69, 9.17) is 10.5 Å². The first-order valence-corrected chi connectivity index (χ1v) is 5.60. The van der Waals surface area contributed by atoms with Gasteiger partial charge in [0.05, 0.1) is 0 Å². The van der Waals surface area contributed by atoms with Crippen molar-refractivity contribution in [2.24, 2.45) is 11.7 Å². The Morgan fingerprint density at radius 1 is 1.44 bits per heavy atom. The van der Waals surface area contributed by atoms with Crippen molar-refractivity contribution in [1.82, 2.24) is 4.90 Å². The van der Waals surface area contributed by atoms with Crippen LogP contribution in [0, 0.1) is 5.92 Å². The summed E-state index contributed by atoms with van der Waals surface area (Å²) in [7, 11) is 0. The van der Waals surface area contributed by atoms with Crippen LogP contribution in [0.25, 0.3) is 0 Å². The van der Waals surface area contributed by atoms with E-state index in [1.165, 1.54) is 0 Å². The standard InChI is InChI=1S/C11H22N2O2.ClH/c1-11(2,3)15-10(14)13-7-9(8-13)5-4-6-12;/h9H,4-8,12H2,1-3H3;1H. The number of likely N-dealkylation sites (tertiary alicyclic amines) is 1. The minimum atomic E-state index is -0.389. The van der Waals surface area contributed by atoms with Gasteiger partial charge in [0.15, 0.2) is 0 Å². The van der Waals surface area contributed by atoms with Gasteiger partial charge < -0.3 is 15.4 Å². The van der Waals surface area contributed by atoms with Gasteiger partial charge in [0, 0.05) is 13.1 Å². The van der Waals surface area contributed by atoms with Crippen LogP contribution in [0.15, 0.2) is 0 Å². The zero-order valence-corrected chi connectivity index (χ0v) is 11.2. The van der Waals surface area contributed by atoms with Crippen LogP contribution in [-0.4, -0.2) is 36.2 Å². The molecule has 1 heterocycles. The summed E-state index contributed by atoms with van der Waals surface area (Å²) in [4.78, 5) is 13.3. The normalized spacial score (nSPS) is 16.4. The summed E-state index contributed by atoms with van der Waals surface area (Å²) in [5.74, 6) is 0.626. The maximum atomic E-state index is 11.5. The third kappa shape index (κ3) is 5.03. The van der Waals surface area contributed by atoms with Crippen molar-refractivity contribution in [3.8, 4) is 0 Å². The molecule has 5 heteroatoms. The molecule has 1 rings (SSSR count). The van der Waals surface area contributed by atoms with E-state index in [1.54, 1.807) is 4.90 Å². The molecule has 1 aliphatic rings. The van der Waals surface area contributed by atoms with E-state index < -0.39 is 0 Å². The van der Waals surface area contributed by atoms with Gasteiger partial charge in [-0.05, 0) is 46.1 Å². The molecule has 96 valence electrons. The molecule has 0 spiro atoms. The van der Waals surface area contributed by atoms with Crippen LogP contribution in [0.5, 0.6) is 0 Å². The molecule has 0 bridgehead atoms. The highest BCUT2D eigenvalue weighted by atomic mass is 35.5. The monoisotopic (exact) mass is 250 g/mol. The summed E-state index contributed by atoms with van der Waals surface area (Å²) >= 11 is 0. The van der Waals surface area contributed by atoms with Gasteiger partial charge in [-0.3, -0.25) is 0 Å². The summed E-state index contributed by atoms with van der Waals surface area (Å²) in [5.41, 5.74) is 5.04. The van der Waals surface area contributed by atoms with Crippen molar-refractivity contribution in [2.75, 3.05) is 19.6 Å². The second-order valence-corrected chi connectivity index (χ2v) is 5.18. The fraction of sp³-hybridized carbons (Fsp3) is 0.909. The lowest BCUT2D eigenvalue weighted by Gasteiger charge is -2.39. The van der Waals surface area contributed by atoms with Crippen LogP contribution in [-0.2, 0) is 4.74 Å². The minimum Gasteiger partial charge on any atom is -0.444 e. The molecule has 0 radical (unpaired) electrons.